The number of aromatic hydroxyl groups is 1. The van der Waals surface area contributed by atoms with Crippen molar-refractivity contribution in [3.05, 3.63) is 40.3 Å². The Balaban J connectivity index is 2.93. The van der Waals surface area contributed by atoms with Crippen molar-refractivity contribution in [2.24, 2.45) is 11.0 Å². The van der Waals surface area contributed by atoms with Crippen molar-refractivity contribution in [3.63, 3.8) is 0 Å². The third-order valence-electron chi connectivity index (χ3n) is 5.37. The van der Waals surface area contributed by atoms with Gasteiger partial charge in [-0.25, -0.2) is 0 Å². The van der Waals surface area contributed by atoms with Crippen LogP contribution < -0.4 is 21.3 Å². The van der Waals surface area contributed by atoms with E-state index in [0.717, 1.165) is 0 Å². The number of rotatable bonds is 18. The van der Waals surface area contributed by atoms with Crippen LogP contribution in [0.4, 0.5) is 0 Å². The molecule has 15 nitrogen and oxygen atoms in total. The number of carbonyl (C=O) groups excluding carboxylic acids is 4. The fraction of sp³-hybridized carbons (Fsp3) is 0.560. The lowest BCUT2D eigenvalue weighted by atomic mass is 10.0. The molecule has 0 saturated heterocycles. The maximum atomic E-state index is 13.1. The number of phenols is 1. The van der Waals surface area contributed by atoms with Gasteiger partial charge in [0.25, 0.3) is 0 Å². The number of azide groups is 1. The largest absolute Gasteiger partial charge is 0.508 e. The molecule has 4 amide bonds. The van der Waals surface area contributed by atoms with E-state index in [1.807, 2.05) is 13.8 Å². The lowest BCUT2D eigenvalue weighted by molar-refractivity contribution is -0.141. The van der Waals surface area contributed by atoms with Gasteiger partial charge >= 0.3 is 5.97 Å². The standard InChI is InChI=1S/C25H37N7O8/c1-15(2)12-19(30-25(39)20(29-16(3)33)13-17-4-6-18(34)7-5-17)24(38)31-21(14-22(35)36)23(37)27-8-10-40-11-9-28-32-26/h4-7,15,19-21,34H,8-14H2,1-3H3,(H,27,37)(H,29,33)(H,30,39)(H,31,38)(H,35,36)/t19-,20+,21+/m1/s1. The molecule has 0 aliphatic rings. The number of hydrogen-bond acceptors (Lipinski definition) is 8. The smallest absolute Gasteiger partial charge is 0.305 e. The van der Waals surface area contributed by atoms with E-state index in [9.17, 15) is 34.2 Å². The minimum absolute atomic E-state index is 0.0168. The SMILES string of the molecule is CC(=O)N[C@@H](Cc1ccc(O)cc1)C(=O)N[C@H](CC(C)C)C(=O)N[C@@H](CC(=O)O)C(=O)NCCOCCN=[N+]=[N-]. The van der Waals surface area contributed by atoms with Crippen LogP contribution in [0.15, 0.2) is 29.4 Å². The van der Waals surface area contributed by atoms with Crippen molar-refractivity contribution in [3.8, 4) is 5.75 Å². The molecule has 6 N–H and O–H groups in total. The summed E-state index contributed by atoms with van der Waals surface area (Å²) >= 11 is 0. The van der Waals surface area contributed by atoms with Crippen LogP contribution in [0.2, 0.25) is 0 Å². The Hall–Kier alpha value is -4.36. The van der Waals surface area contributed by atoms with Crippen molar-refractivity contribution < 1.29 is 38.9 Å². The molecule has 0 radical (unpaired) electrons. The van der Waals surface area contributed by atoms with Crippen molar-refractivity contribution >= 4 is 29.6 Å². The number of amides is 4. The van der Waals surface area contributed by atoms with Crippen molar-refractivity contribution in [2.45, 2.75) is 58.2 Å². The van der Waals surface area contributed by atoms with Crippen LogP contribution in [0.5, 0.6) is 5.75 Å². The molecule has 1 aromatic rings. The van der Waals surface area contributed by atoms with Crippen molar-refractivity contribution in [2.75, 3.05) is 26.3 Å². The average Bonchev–Trinajstić information content (AvgIpc) is 2.87. The summed E-state index contributed by atoms with van der Waals surface area (Å²) in [6.07, 6.45) is -0.451. The first-order valence-electron chi connectivity index (χ1n) is 12.7. The first-order chi connectivity index (χ1) is 18.9. The monoisotopic (exact) mass is 563 g/mol. The number of carbonyl (C=O) groups is 5. The van der Waals surface area contributed by atoms with Gasteiger partial charge < -0.3 is 36.2 Å². The molecular formula is C25H37N7O8. The molecule has 0 unspecified atom stereocenters. The van der Waals surface area contributed by atoms with Gasteiger partial charge in [-0.1, -0.05) is 31.1 Å². The van der Waals surface area contributed by atoms with Crippen LogP contribution in [0.3, 0.4) is 0 Å². The Labute approximate surface area is 231 Å². The molecule has 0 aromatic heterocycles. The molecule has 15 heteroatoms. The van der Waals surface area contributed by atoms with Gasteiger partial charge in [-0.2, -0.15) is 0 Å². The molecule has 40 heavy (non-hydrogen) atoms. The highest BCUT2D eigenvalue weighted by atomic mass is 16.5. The third kappa shape index (κ3) is 14.0. The van der Waals surface area contributed by atoms with Gasteiger partial charge in [0.1, 0.15) is 23.9 Å². The molecular weight excluding hydrogens is 526 g/mol. The predicted octanol–water partition coefficient (Wildman–Crippen LogP) is 0.373. The Morgan fingerprint density at radius 1 is 0.950 bits per heavy atom. The highest BCUT2D eigenvalue weighted by Gasteiger charge is 2.31. The van der Waals surface area contributed by atoms with Gasteiger partial charge in [-0.05, 0) is 35.6 Å². The van der Waals surface area contributed by atoms with Crippen molar-refractivity contribution in [1.29, 1.82) is 0 Å². The van der Waals surface area contributed by atoms with E-state index in [1.54, 1.807) is 12.1 Å². The summed E-state index contributed by atoms with van der Waals surface area (Å²) in [7, 11) is 0. The number of aliphatic carboxylic acids is 1. The Bertz CT molecular complexity index is 1060. The quantitative estimate of drug-likeness (QED) is 0.0630. The van der Waals surface area contributed by atoms with Gasteiger partial charge in [-0.15, -0.1) is 0 Å². The highest BCUT2D eigenvalue weighted by molar-refractivity contribution is 5.95. The van der Waals surface area contributed by atoms with E-state index in [-0.39, 0.29) is 50.8 Å². The second-order valence-corrected chi connectivity index (χ2v) is 9.33. The van der Waals surface area contributed by atoms with Crippen LogP contribution in [-0.4, -0.2) is 84.2 Å². The molecule has 0 aliphatic heterocycles. The molecule has 0 heterocycles. The first kappa shape index (κ1) is 33.7. The zero-order chi connectivity index (χ0) is 30.1. The molecule has 1 aromatic carbocycles. The fourth-order valence-electron chi connectivity index (χ4n) is 3.58. The van der Waals surface area contributed by atoms with E-state index in [1.165, 1.54) is 19.1 Å². The molecule has 0 aliphatic carbocycles. The number of phenolic OH excluding ortho intramolecular Hbond substituents is 1. The van der Waals surface area contributed by atoms with Crippen LogP contribution in [0.25, 0.3) is 10.4 Å². The number of hydrogen-bond donors (Lipinski definition) is 6. The fourth-order valence-corrected chi connectivity index (χ4v) is 3.58. The maximum absolute atomic E-state index is 13.1. The molecule has 0 spiro atoms. The van der Waals surface area contributed by atoms with Gasteiger partial charge in [-0.3, -0.25) is 24.0 Å². The second-order valence-electron chi connectivity index (χ2n) is 9.33. The topological polar surface area (TPSA) is 232 Å². The number of ether oxygens (including phenoxy) is 1. The maximum Gasteiger partial charge on any atom is 0.305 e. The molecule has 0 saturated carbocycles. The van der Waals surface area contributed by atoms with Crippen LogP contribution in [0.1, 0.15) is 39.2 Å². The van der Waals surface area contributed by atoms with Gasteiger partial charge in [0.05, 0.1) is 19.6 Å². The number of nitrogens with zero attached hydrogens (tertiary/aromatic N) is 3. The molecule has 0 bridgehead atoms. The number of benzene rings is 1. The number of carboxylic acids is 1. The molecule has 1 rings (SSSR count). The zero-order valence-electron chi connectivity index (χ0n) is 22.8. The van der Waals surface area contributed by atoms with E-state index in [0.29, 0.717) is 5.56 Å². The van der Waals surface area contributed by atoms with Crippen LogP contribution >= 0.6 is 0 Å². The Morgan fingerprint density at radius 3 is 2.15 bits per heavy atom. The van der Waals surface area contributed by atoms with Gasteiger partial charge in [0, 0.05) is 31.3 Å². The Kier molecular flexibility index (Phi) is 15.2. The summed E-state index contributed by atoms with van der Waals surface area (Å²) in [4.78, 5) is 64.6. The van der Waals surface area contributed by atoms with Crippen LogP contribution in [0, 0.1) is 5.92 Å². The molecule has 3 atom stereocenters. The zero-order valence-corrected chi connectivity index (χ0v) is 22.8. The van der Waals surface area contributed by atoms with E-state index < -0.39 is 54.1 Å². The molecule has 220 valence electrons. The van der Waals surface area contributed by atoms with Crippen LogP contribution in [-0.2, 0) is 35.1 Å². The minimum Gasteiger partial charge on any atom is -0.508 e. The molecule has 0 fully saturated rings. The second kappa shape index (κ2) is 18.0. The van der Waals surface area contributed by atoms with E-state index in [2.05, 4.69) is 31.3 Å². The van der Waals surface area contributed by atoms with Gasteiger partial charge in [0.15, 0.2) is 0 Å². The first-order valence-corrected chi connectivity index (χ1v) is 12.7. The number of nitrogens with one attached hydrogen (secondary N) is 4. The predicted molar refractivity (Wildman–Crippen MR) is 143 cm³/mol. The summed E-state index contributed by atoms with van der Waals surface area (Å²) in [6, 6.07) is 2.47. The summed E-state index contributed by atoms with van der Waals surface area (Å²) in [5.74, 6) is -4.00. The normalized spacial score (nSPS) is 12.8. The lowest BCUT2D eigenvalue weighted by Crippen LogP contribution is -2.57. The van der Waals surface area contributed by atoms with E-state index in [4.69, 9.17) is 10.3 Å². The highest BCUT2D eigenvalue weighted by Crippen LogP contribution is 2.12. The summed E-state index contributed by atoms with van der Waals surface area (Å²) in [5, 5.41) is 32.1. The number of carboxylic acid groups (broad SMARTS) is 1. The average molecular weight is 564 g/mol. The summed E-state index contributed by atoms with van der Waals surface area (Å²) in [6.45, 7) is 5.22. The van der Waals surface area contributed by atoms with Gasteiger partial charge in [0.2, 0.25) is 23.6 Å². The van der Waals surface area contributed by atoms with E-state index >= 15 is 0 Å². The summed E-state index contributed by atoms with van der Waals surface area (Å²) in [5.41, 5.74) is 8.88. The summed E-state index contributed by atoms with van der Waals surface area (Å²) < 4.78 is 5.18. The Morgan fingerprint density at radius 2 is 1.57 bits per heavy atom. The third-order valence-corrected chi connectivity index (χ3v) is 5.37. The van der Waals surface area contributed by atoms with Crippen molar-refractivity contribution in [1.82, 2.24) is 21.3 Å². The minimum atomic E-state index is -1.43. The lowest BCUT2D eigenvalue weighted by Gasteiger charge is -2.26.